The van der Waals surface area contributed by atoms with Crippen LogP contribution in [-0.4, -0.2) is 8.42 Å². The van der Waals surface area contributed by atoms with E-state index in [2.05, 4.69) is 26.7 Å². The molecule has 0 fully saturated rings. The van der Waals surface area contributed by atoms with Crippen LogP contribution in [0.5, 0.6) is 0 Å². The van der Waals surface area contributed by atoms with Gasteiger partial charge in [0.05, 0.1) is 4.90 Å². The minimum absolute atomic E-state index is 0.296. The monoisotopic (exact) mass is 371 g/mol. The van der Waals surface area contributed by atoms with Crippen molar-refractivity contribution in [2.24, 2.45) is 0 Å². The molecule has 0 saturated carbocycles. The summed E-state index contributed by atoms with van der Waals surface area (Å²) in [4.78, 5) is 2.81. The first kappa shape index (κ1) is 14.3. The number of aryl methyl sites for hydroxylation is 2. The zero-order valence-electron chi connectivity index (χ0n) is 10.7. The van der Waals surface area contributed by atoms with Crippen LogP contribution in [0.4, 0.5) is 0 Å². The van der Waals surface area contributed by atoms with Crippen molar-refractivity contribution in [3.05, 3.63) is 50.1 Å². The van der Waals surface area contributed by atoms with Crippen LogP contribution in [0, 0.1) is 0 Å². The largest absolute Gasteiger partial charge is 0.240 e. The second kappa shape index (κ2) is 5.60. The van der Waals surface area contributed by atoms with E-state index in [-0.39, 0.29) is 0 Å². The van der Waals surface area contributed by atoms with Crippen LogP contribution in [0.25, 0.3) is 0 Å². The minimum atomic E-state index is -3.43. The van der Waals surface area contributed by atoms with Gasteiger partial charge in [0.25, 0.3) is 0 Å². The van der Waals surface area contributed by atoms with E-state index < -0.39 is 10.0 Å². The first-order valence-electron chi connectivity index (χ1n) is 6.40. The SMILES string of the molecule is O=S(=O)(NCc1cc2c(s1)CCC2)c1ccc(Br)cc1. The summed E-state index contributed by atoms with van der Waals surface area (Å²) in [5.74, 6) is 0. The number of rotatable bonds is 4. The van der Waals surface area contributed by atoms with Crippen molar-refractivity contribution in [2.75, 3.05) is 0 Å². The van der Waals surface area contributed by atoms with Gasteiger partial charge in [-0.1, -0.05) is 15.9 Å². The maximum atomic E-state index is 12.2. The summed E-state index contributed by atoms with van der Waals surface area (Å²) in [6.45, 7) is 0.371. The summed E-state index contributed by atoms with van der Waals surface area (Å²) in [6, 6.07) is 8.79. The molecule has 0 radical (unpaired) electrons. The number of sulfonamides is 1. The Morgan fingerprint density at radius 1 is 1.20 bits per heavy atom. The van der Waals surface area contributed by atoms with Crippen molar-refractivity contribution in [3.63, 3.8) is 0 Å². The lowest BCUT2D eigenvalue weighted by Crippen LogP contribution is -2.22. The second-order valence-corrected chi connectivity index (χ2v) is 8.70. The summed E-state index contributed by atoms with van der Waals surface area (Å²) >= 11 is 5.03. The average Bonchev–Trinajstić information content (AvgIpc) is 2.97. The third-order valence-electron chi connectivity index (χ3n) is 3.36. The number of thiophene rings is 1. The van der Waals surface area contributed by atoms with E-state index in [1.165, 1.54) is 16.9 Å². The second-order valence-electron chi connectivity index (χ2n) is 4.79. The fourth-order valence-corrected chi connectivity index (χ4v) is 4.90. The van der Waals surface area contributed by atoms with Crippen molar-refractivity contribution in [2.45, 2.75) is 30.7 Å². The van der Waals surface area contributed by atoms with E-state index in [0.29, 0.717) is 11.4 Å². The molecule has 0 saturated heterocycles. The van der Waals surface area contributed by atoms with Gasteiger partial charge in [0, 0.05) is 20.8 Å². The van der Waals surface area contributed by atoms with Gasteiger partial charge in [-0.05, 0) is 55.2 Å². The molecule has 106 valence electrons. The number of nitrogens with one attached hydrogen (secondary N) is 1. The Morgan fingerprint density at radius 3 is 2.65 bits per heavy atom. The molecular weight excluding hydrogens is 358 g/mol. The van der Waals surface area contributed by atoms with Crippen molar-refractivity contribution >= 4 is 37.3 Å². The fourth-order valence-electron chi connectivity index (χ4n) is 2.34. The summed E-state index contributed by atoms with van der Waals surface area (Å²) in [5.41, 5.74) is 1.40. The van der Waals surface area contributed by atoms with Crippen LogP contribution in [0.3, 0.4) is 0 Å². The molecule has 1 heterocycles. The lowest BCUT2D eigenvalue weighted by Gasteiger charge is -2.05. The highest BCUT2D eigenvalue weighted by Crippen LogP contribution is 2.30. The lowest BCUT2D eigenvalue weighted by atomic mass is 10.2. The van der Waals surface area contributed by atoms with Crippen LogP contribution in [0.2, 0.25) is 0 Å². The van der Waals surface area contributed by atoms with E-state index >= 15 is 0 Å². The summed E-state index contributed by atoms with van der Waals surface area (Å²) in [7, 11) is -3.43. The third-order valence-corrected chi connectivity index (χ3v) is 6.54. The molecule has 1 aliphatic carbocycles. The predicted octanol–water partition coefficient (Wildman–Crippen LogP) is 3.48. The predicted molar refractivity (Wildman–Crippen MR) is 84.5 cm³/mol. The van der Waals surface area contributed by atoms with Gasteiger partial charge in [-0.15, -0.1) is 11.3 Å². The summed E-state index contributed by atoms with van der Waals surface area (Å²) < 4.78 is 27.9. The van der Waals surface area contributed by atoms with Crippen molar-refractivity contribution in [1.82, 2.24) is 4.72 Å². The van der Waals surface area contributed by atoms with E-state index in [4.69, 9.17) is 0 Å². The molecule has 0 unspecified atom stereocenters. The molecular formula is C14H14BrNO2S2. The van der Waals surface area contributed by atoms with E-state index in [9.17, 15) is 8.42 Å². The first-order valence-corrected chi connectivity index (χ1v) is 9.49. The number of fused-ring (bicyclic) bond motifs is 1. The first-order chi connectivity index (χ1) is 9.54. The molecule has 20 heavy (non-hydrogen) atoms. The number of hydrogen-bond acceptors (Lipinski definition) is 3. The van der Waals surface area contributed by atoms with Gasteiger partial charge < -0.3 is 0 Å². The molecule has 0 bridgehead atoms. The van der Waals surface area contributed by atoms with Crippen LogP contribution >= 0.6 is 27.3 Å². The topological polar surface area (TPSA) is 46.2 Å². The number of halogens is 1. The number of benzene rings is 1. The van der Waals surface area contributed by atoms with Gasteiger partial charge >= 0.3 is 0 Å². The van der Waals surface area contributed by atoms with Gasteiger partial charge in [0.15, 0.2) is 0 Å². The molecule has 0 aliphatic heterocycles. The van der Waals surface area contributed by atoms with Crippen LogP contribution in [-0.2, 0) is 29.4 Å². The molecule has 2 aromatic rings. The zero-order chi connectivity index (χ0) is 14.2. The van der Waals surface area contributed by atoms with Gasteiger partial charge in [0.1, 0.15) is 0 Å². The molecule has 6 heteroatoms. The molecule has 0 atom stereocenters. The van der Waals surface area contributed by atoms with Gasteiger partial charge in [-0.25, -0.2) is 13.1 Å². The highest BCUT2D eigenvalue weighted by Gasteiger charge is 2.17. The Labute approximate surface area is 131 Å². The fraction of sp³-hybridized carbons (Fsp3) is 0.286. The van der Waals surface area contributed by atoms with Gasteiger partial charge in [-0.3, -0.25) is 0 Å². The van der Waals surface area contributed by atoms with Crippen LogP contribution in [0.15, 0.2) is 39.7 Å². The zero-order valence-corrected chi connectivity index (χ0v) is 13.9. The lowest BCUT2D eigenvalue weighted by molar-refractivity contribution is 0.582. The average molecular weight is 372 g/mol. The summed E-state index contributed by atoms with van der Waals surface area (Å²) in [6.07, 6.45) is 3.50. The van der Waals surface area contributed by atoms with E-state index in [0.717, 1.165) is 22.2 Å². The Bertz CT molecular complexity index is 699. The Kier molecular flexibility index (Phi) is 3.99. The quantitative estimate of drug-likeness (QED) is 0.893. The maximum Gasteiger partial charge on any atom is 0.240 e. The Hall–Kier alpha value is -0.690. The van der Waals surface area contributed by atoms with Crippen molar-refractivity contribution < 1.29 is 8.42 Å². The highest BCUT2D eigenvalue weighted by atomic mass is 79.9. The standard InChI is InChI=1S/C14H14BrNO2S2/c15-11-4-6-13(7-5-11)20(17,18)16-9-12-8-10-2-1-3-14(10)19-12/h4-8,16H,1-3,9H2. The normalized spacial score (nSPS) is 14.4. The molecule has 3 nitrogen and oxygen atoms in total. The van der Waals surface area contributed by atoms with Crippen molar-refractivity contribution in [3.8, 4) is 0 Å². The molecule has 0 spiro atoms. The highest BCUT2D eigenvalue weighted by molar-refractivity contribution is 9.10. The van der Waals surface area contributed by atoms with Crippen LogP contribution < -0.4 is 4.72 Å². The number of hydrogen-bond donors (Lipinski definition) is 1. The Balaban J connectivity index is 1.71. The molecule has 0 amide bonds. The third kappa shape index (κ3) is 2.98. The van der Waals surface area contributed by atoms with Crippen LogP contribution in [0.1, 0.15) is 21.7 Å². The van der Waals surface area contributed by atoms with Gasteiger partial charge in [0.2, 0.25) is 10.0 Å². The van der Waals surface area contributed by atoms with E-state index in [1.807, 2.05) is 0 Å². The Morgan fingerprint density at radius 2 is 1.95 bits per heavy atom. The van der Waals surface area contributed by atoms with Crippen molar-refractivity contribution in [1.29, 1.82) is 0 Å². The molecule has 1 aromatic carbocycles. The molecule has 3 rings (SSSR count). The van der Waals surface area contributed by atoms with E-state index in [1.54, 1.807) is 35.6 Å². The molecule has 1 N–H and O–H groups in total. The maximum absolute atomic E-state index is 12.2. The molecule has 1 aliphatic rings. The molecule has 1 aromatic heterocycles. The smallest absolute Gasteiger partial charge is 0.207 e. The van der Waals surface area contributed by atoms with Gasteiger partial charge in [-0.2, -0.15) is 0 Å². The summed E-state index contributed by atoms with van der Waals surface area (Å²) in [5, 5.41) is 0. The minimum Gasteiger partial charge on any atom is -0.207 e.